The van der Waals surface area contributed by atoms with Gasteiger partial charge in [0.05, 0.1) is 0 Å². The topological polar surface area (TPSA) is 15.3 Å². The molecule has 76 valence electrons. The fraction of sp³-hybridized carbons (Fsp3) is 0.818. The first-order valence-electron chi connectivity index (χ1n) is 5.28. The van der Waals surface area contributed by atoms with E-state index in [9.17, 15) is 0 Å². The molecule has 1 fully saturated rings. The first kappa shape index (κ1) is 10.7. The average Bonchev–Trinajstić information content (AvgIpc) is 2.15. The van der Waals surface area contributed by atoms with Crippen molar-refractivity contribution in [1.82, 2.24) is 10.2 Å². The van der Waals surface area contributed by atoms with E-state index in [-0.39, 0.29) is 0 Å². The van der Waals surface area contributed by atoms with Crippen LogP contribution < -0.4 is 5.32 Å². The smallest absolute Gasteiger partial charge is 0.0302 e. The Morgan fingerprint density at radius 1 is 1.54 bits per heavy atom. The van der Waals surface area contributed by atoms with Gasteiger partial charge in [-0.2, -0.15) is 0 Å². The summed E-state index contributed by atoms with van der Waals surface area (Å²) in [4.78, 5) is 2.45. The van der Waals surface area contributed by atoms with Crippen LogP contribution in [0.25, 0.3) is 0 Å². The summed E-state index contributed by atoms with van der Waals surface area (Å²) in [5.41, 5.74) is 1.40. The van der Waals surface area contributed by atoms with Crippen LogP contribution in [0.2, 0.25) is 0 Å². The number of hydrogen-bond acceptors (Lipinski definition) is 2. The van der Waals surface area contributed by atoms with Crippen molar-refractivity contribution in [3.8, 4) is 0 Å². The minimum absolute atomic E-state index is 0.641. The van der Waals surface area contributed by atoms with E-state index in [4.69, 9.17) is 0 Å². The van der Waals surface area contributed by atoms with Crippen LogP contribution in [-0.4, -0.2) is 38.1 Å². The standard InChI is InChI=1S/C11H22N2/c1-10(7-8-12-2)11-6-4-5-9-13(11)3/h11-12H,1,4-9H2,2-3H3. The molecule has 1 aliphatic rings. The van der Waals surface area contributed by atoms with E-state index in [1.807, 2.05) is 7.05 Å². The highest BCUT2D eigenvalue weighted by Crippen LogP contribution is 2.21. The van der Waals surface area contributed by atoms with E-state index in [2.05, 4.69) is 23.8 Å². The summed E-state index contributed by atoms with van der Waals surface area (Å²) in [6.45, 7) is 6.48. The van der Waals surface area contributed by atoms with E-state index in [1.165, 1.54) is 31.4 Å². The van der Waals surface area contributed by atoms with Gasteiger partial charge in [0, 0.05) is 6.04 Å². The Kier molecular flexibility index (Phi) is 4.46. The van der Waals surface area contributed by atoms with Gasteiger partial charge < -0.3 is 5.32 Å². The van der Waals surface area contributed by atoms with Crippen LogP contribution in [0.5, 0.6) is 0 Å². The molecule has 1 rings (SSSR count). The van der Waals surface area contributed by atoms with Crippen molar-refractivity contribution >= 4 is 0 Å². The van der Waals surface area contributed by atoms with E-state index < -0.39 is 0 Å². The van der Waals surface area contributed by atoms with Crippen molar-refractivity contribution in [3.63, 3.8) is 0 Å². The molecule has 13 heavy (non-hydrogen) atoms. The van der Waals surface area contributed by atoms with Gasteiger partial charge >= 0.3 is 0 Å². The number of likely N-dealkylation sites (N-methyl/N-ethyl adjacent to an activating group) is 1. The van der Waals surface area contributed by atoms with E-state index in [1.54, 1.807) is 0 Å². The number of piperidine rings is 1. The van der Waals surface area contributed by atoms with Crippen LogP contribution in [0, 0.1) is 0 Å². The van der Waals surface area contributed by atoms with Crippen molar-refractivity contribution < 1.29 is 0 Å². The summed E-state index contributed by atoms with van der Waals surface area (Å²) in [5.74, 6) is 0. The summed E-state index contributed by atoms with van der Waals surface area (Å²) in [7, 11) is 4.21. The molecule has 1 heterocycles. The number of rotatable bonds is 4. The molecule has 0 aliphatic carbocycles. The molecule has 1 unspecified atom stereocenters. The zero-order valence-electron chi connectivity index (χ0n) is 8.97. The van der Waals surface area contributed by atoms with Crippen molar-refractivity contribution in [2.45, 2.75) is 31.7 Å². The van der Waals surface area contributed by atoms with Crippen LogP contribution in [-0.2, 0) is 0 Å². The lowest BCUT2D eigenvalue weighted by Crippen LogP contribution is -2.37. The van der Waals surface area contributed by atoms with E-state index in [0.29, 0.717) is 6.04 Å². The van der Waals surface area contributed by atoms with Gasteiger partial charge in [0.25, 0.3) is 0 Å². The normalized spacial score (nSPS) is 24.6. The van der Waals surface area contributed by atoms with Gasteiger partial charge in [-0.25, -0.2) is 0 Å². The molecule has 1 atom stereocenters. The Morgan fingerprint density at radius 3 is 2.92 bits per heavy atom. The lowest BCUT2D eigenvalue weighted by Gasteiger charge is -2.34. The highest BCUT2D eigenvalue weighted by Gasteiger charge is 2.20. The molecule has 0 spiro atoms. The highest BCUT2D eigenvalue weighted by molar-refractivity contribution is 5.07. The summed E-state index contributed by atoms with van der Waals surface area (Å²) >= 11 is 0. The van der Waals surface area contributed by atoms with Crippen LogP contribution in [0.15, 0.2) is 12.2 Å². The molecule has 0 bridgehead atoms. The minimum atomic E-state index is 0.641. The molecule has 0 radical (unpaired) electrons. The van der Waals surface area contributed by atoms with E-state index >= 15 is 0 Å². The molecule has 1 N–H and O–H groups in total. The van der Waals surface area contributed by atoms with Gasteiger partial charge in [-0.3, -0.25) is 4.90 Å². The number of likely N-dealkylation sites (tertiary alicyclic amines) is 1. The summed E-state index contributed by atoms with van der Waals surface area (Å²) in [6.07, 6.45) is 5.14. The van der Waals surface area contributed by atoms with Gasteiger partial charge in [-0.15, -0.1) is 0 Å². The fourth-order valence-corrected chi connectivity index (χ4v) is 2.04. The Bertz CT molecular complexity index is 165. The van der Waals surface area contributed by atoms with Crippen LogP contribution >= 0.6 is 0 Å². The summed E-state index contributed by atoms with van der Waals surface area (Å²) in [6, 6.07) is 0.641. The Balaban J connectivity index is 2.35. The molecular formula is C11H22N2. The zero-order valence-corrected chi connectivity index (χ0v) is 8.97. The number of hydrogen-bond donors (Lipinski definition) is 1. The molecule has 0 aromatic carbocycles. The third-order valence-corrected chi connectivity index (χ3v) is 2.94. The van der Waals surface area contributed by atoms with Crippen LogP contribution in [0.1, 0.15) is 25.7 Å². The predicted molar refractivity (Wildman–Crippen MR) is 58.0 cm³/mol. The SMILES string of the molecule is C=C(CCNC)C1CCCCN1C. The third kappa shape index (κ3) is 3.12. The van der Waals surface area contributed by atoms with Crippen molar-refractivity contribution in [1.29, 1.82) is 0 Å². The Morgan fingerprint density at radius 2 is 2.31 bits per heavy atom. The monoisotopic (exact) mass is 182 g/mol. The van der Waals surface area contributed by atoms with Crippen molar-refractivity contribution in [2.24, 2.45) is 0 Å². The maximum absolute atomic E-state index is 4.18. The first-order valence-corrected chi connectivity index (χ1v) is 5.28. The molecule has 1 saturated heterocycles. The molecule has 1 aliphatic heterocycles. The number of nitrogens with one attached hydrogen (secondary N) is 1. The van der Waals surface area contributed by atoms with Crippen molar-refractivity contribution in [2.75, 3.05) is 27.2 Å². The summed E-state index contributed by atoms with van der Waals surface area (Å²) < 4.78 is 0. The largest absolute Gasteiger partial charge is 0.319 e. The van der Waals surface area contributed by atoms with Crippen molar-refractivity contribution in [3.05, 3.63) is 12.2 Å². The first-order chi connectivity index (χ1) is 6.25. The predicted octanol–water partition coefficient (Wildman–Crippen LogP) is 1.64. The molecule has 2 heteroatoms. The van der Waals surface area contributed by atoms with Crippen LogP contribution in [0.4, 0.5) is 0 Å². The Labute approximate surface area is 82.0 Å². The van der Waals surface area contributed by atoms with Gasteiger partial charge in [-0.05, 0) is 46.4 Å². The highest BCUT2D eigenvalue weighted by atomic mass is 15.1. The van der Waals surface area contributed by atoms with Gasteiger partial charge in [0.15, 0.2) is 0 Å². The Hall–Kier alpha value is -0.340. The lowest BCUT2D eigenvalue weighted by molar-refractivity contribution is 0.209. The fourth-order valence-electron chi connectivity index (χ4n) is 2.04. The van der Waals surface area contributed by atoms with E-state index in [0.717, 1.165) is 13.0 Å². The summed E-state index contributed by atoms with van der Waals surface area (Å²) in [5, 5.41) is 3.17. The molecule has 0 amide bonds. The van der Waals surface area contributed by atoms with Gasteiger partial charge in [-0.1, -0.05) is 18.6 Å². The maximum atomic E-state index is 4.18. The molecule has 0 saturated carbocycles. The minimum Gasteiger partial charge on any atom is -0.319 e. The second kappa shape index (κ2) is 5.40. The molecular weight excluding hydrogens is 160 g/mol. The zero-order chi connectivity index (χ0) is 9.68. The van der Waals surface area contributed by atoms with Crippen LogP contribution in [0.3, 0.4) is 0 Å². The second-order valence-electron chi connectivity index (χ2n) is 4.00. The number of nitrogens with zero attached hydrogens (tertiary/aromatic N) is 1. The molecule has 0 aromatic heterocycles. The molecule has 2 nitrogen and oxygen atoms in total. The lowest BCUT2D eigenvalue weighted by atomic mass is 9.95. The quantitative estimate of drug-likeness (QED) is 0.665. The molecule has 0 aromatic rings. The third-order valence-electron chi connectivity index (χ3n) is 2.94. The second-order valence-corrected chi connectivity index (χ2v) is 4.00. The maximum Gasteiger partial charge on any atom is 0.0302 e. The average molecular weight is 182 g/mol. The van der Waals surface area contributed by atoms with Gasteiger partial charge in [0.2, 0.25) is 0 Å². The van der Waals surface area contributed by atoms with Gasteiger partial charge in [0.1, 0.15) is 0 Å².